The summed E-state index contributed by atoms with van der Waals surface area (Å²) in [6, 6.07) is 0. The molecule has 0 radical (unpaired) electrons. The average Bonchev–Trinajstić information content (AvgIpc) is 2.54. The number of nitrogens with two attached hydrogens (primary N) is 1. The van der Waals surface area contributed by atoms with E-state index in [1.807, 2.05) is 0 Å². The molecule has 0 amide bonds. The van der Waals surface area contributed by atoms with E-state index in [4.69, 9.17) is 5.73 Å². The molecule has 2 nitrogen and oxygen atoms in total. The van der Waals surface area contributed by atoms with Crippen molar-refractivity contribution in [3.63, 3.8) is 0 Å². The molecule has 0 aromatic heterocycles. The molecule has 3 heteroatoms. The van der Waals surface area contributed by atoms with Crippen molar-refractivity contribution >= 4 is 11.8 Å². The van der Waals surface area contributed by atoms with Gasteiger partial charge in [-0.3, -0.25) is 4.90 Å². The molecule has 0 aromatic carbocycles. The molecule has 1 aliphatic heterocycles. The van der Waals surface area contributed by atoms with Crippen molar-refractivity contribution in [3.8, 4) is 0 Å². The lowest BCUT2D eigenvalue weighted by atomic mass is 9.86. The quantitative estimate of drug-likeness (QED) is 0.824. The summed E-state index contributed by atoms with van der Waals surface area (Å²) in [5, 5.41) is 0. The standard InChI is InChI=1S/C14H28N2S/c1-12(2)5-6-14(9-12,10-15)16-7-8-17-13(3,4)11-16/h5-11,15H2,1-4H3. The molecule has 1 atom stereocenters. The van der Waals surface area contributed by atoms with Crippen LogP contribution in [-0.2, 0) is 0 Å². The summed E-state index contributed by atoms with van der Waals surface area (Å²) in [6.07, 6.45) is 3.89. The third kappa shape index (κ3) is 2.82. The molecule has 2 rings (SSSR count). The van der Waals surface area contributed by atoms with Gasteiger partial charge < -0.3 is 5.73 Å². The highest BCUT2D eigenvalue weighted by Crippen LogP contribution is 2.48. The van der Waals surface area contributed by atoms with E-state index in [-0.39, 0.29) is 0 Å². The molecule has 100 valence electrons. The van der Waals surface area contributed by atoms with Gasteiger partial charge in [-0.05, 0) is 38.5 Å². The molecular formula is C14H28N2S. The Morgan fingerprint density at radius 3 is 2.35 bits per heavy atom. The maximum Gasteiger partial charge on any atom is 0.0337 e. The van der Waals surface area contributed by atoms with E-state index >= 15 is 0 Å². The predicted octanol–water partition coefficient (Wildman–Crippen LogP) is 2.72. The van der Waals surface area contributed by atoms with Crippen LogP contribution in [0, 0.1) is 5.41 Å². The molecule has 1 heterocycles. The van der Waals surface area contributed by atoms with Crippen LogP contribution in [-0.4, -0.2) is 40.6 Å². The van der Waals surface area contributed by atoms with Gasteiger partial charge >= 0.3 is 0 Å². The van der Waals surface area contributed by atoms with Crippen molar-refractivity contribution < 1.29 is 0 Å². The third-order valence-electron chi connectivity index (χ3n) is 4.55. The normalized spacial score (nSPS) is 37.2. The van der Waals surface area contributed by atoms with Gasteiger partial charge in [0.1, 0.15) is 0 Å². The van der Waals surface area contributed by atoms with Crippen LogP contribution in [0.3, 0.4) is 0 Å². The minimum Gasteiger partial charge on any atom is -0.329 e. The molecule has 1 saturated carbocycles. The lowest BCUT2D eigenvalue weighted by molar-refractivity contribution is 0.0834. The molecule has 1 aliphatic carbocycles. The zero-order valence-corrected chi connectivity index (χ0v) is 12.7. The summed E-state index contributed by atoms with van der Waals surface area (Å²) in [6.45, 7) is 12.8. The number of rotatable bonds is 2. The molecule has 0 bridgehead atoms. The summed E-state index contributed by atoms with van der Waals surface area (Å²) in [4.78, 5) is 2.71. The van der Waals surface area contributed by atoms with Crippen LogP contribution in [0.15, 0.2) is 0 Å². The Bertz CT molecular complexity index is 288. The van der Waals surface area contributed by atoms with Crippen molar-refractivity contribution in [1.82, 2.24) is 4.90 Å². The molecule has 0 aromatic rings. The Kier molecular flexibility index (Phi) is 3.57. The van der Waals surface area contributed by atoms with Crippen LogP contribution in [0.2, 0.25) is 0 Å². The number of nitrogens with zero attached hydrogens (tertiary/aromatic N) is 1. The smallest absolute Gasteiger partial charge is 0.0337 e. The lowest BCUT2D eigenvalue weighted by Crippen LogP contribution is -2.58. The average molecular weight is 256 g/mol. The minimum absolute atomic E-state index is 0.293. The van der Waals surface area contributed by atoms with E-state index in [0.29, 0.717) is 15.7 Å². The largest absolute Gasteiger partial charge is 0.329 e. The maximum atomic E-state index is 6.16. The van der Waals surface area contributed by atoms with Crippen molar-refractivity contribution in [3.05, 3.63) is 0 Å². The minimum atomic E-state index is 0.293. The van der Waals surface area contributed by atoms with Crippen LogP contribution >= 0.6 is 11.8 Å². The highest BCUT2D eigenvalue weighted by atomic mass is 32.2. The van der Waals surface area contributed by atoms with Crippen molar-refractivity contribution in [2.45, 2.75) is 57.2 Å². The molecule has 2 aliphatic rings. The highest BCUT2D eigenvalue weighted by Gasteiger charge is 2.48. The van der Waals surface area contributed by atoms with Crippen LogP contribution in [0.25, 0.3) is 0 Å². The molecular weight excluding hydrogens is 228 g/mol. The van der Waals surface area contributed by atoms with Gasteiger partial charge in [-0.2, -0.15) is 11.8 Å². The number of thioether (sulfide) groups is 1. The zero-order valence-electron chi connectivity index (χ0n) is 11.9. The molecule has 1 unspecified atom stereocenters. The van der Waals surface area contributed by atoms with E-state index in [9.17, 15) is 0 Å². The number of hydrogen-bond donors (Lipinski definition) is 1. The Labute approximate surface area is 111 Å². The van der Waals surface area contributed by atoms with Crippen LogP contribution in [0.4, 0.5) is 0 Å². The second-order valence-electron chi connectivity index (χ2n) is 7.30. The van der Waals surface area contributed by atoms with Gasteiger partial charge in [-0.1, -0.05) is 13.8 Å². The molecule has 2 N–H and O–H groups in total. The first-order valence-electron chi connectivity index (χ1n) is 6.88. The van der Waals surface area contributed by atoms with Gasteiger partial charge in [-0.25, -0.2) is 0 Å². The summed E-state index contributed by atoms with van der Waals surface area (Å²) >= 11 is 2.11. The van der Waals surface area contributed by atoms with E-state index in [1.54, 1.807) is 0 Å². The Balaban J connectivity index is 2.14. The van der Waals surface area contributed by atoms with E-state index in [0.717, 1.165) is 6.54 Å². The van der Waals surface area contributed by atoms with E-state index < -0.39 is 0 Å². The van der Waals surface area contributed by atoms with Gasteiger partial charge in [0.25, 0.3) is 0 Å². The highest BCUT2D eigenvalue weighted by molar-refractivity contribution is 8.00. The van der Waals surface area contributed by atoms with Gasteiger partial charge in [0, 0.05) is 35.7 Å². The second-order valence-corrected chi connectivity index (χ2v) is 9.10. The van der Waals surface area contributed by atoms with Crippen molar-refractivity contribution in [2.75, 3.05) is 25.4 Å². The van der Waals surface area contributed by atoms with Gasteiger partial charge in [-0.15, -0.1) is 0 Å². The topological polar surface area (TPSA) is 29.3 Å². The van der Waals surface area contributed by atoms with Crippen LogP contribution in [0.1, 0.15) is 47.0 Å². The summed E-state index contributed by atoms with van der Waals surface area (Å²) < 4.78 is 0.396. The first-order valence-corrected chi connectivity index (χ1v) is 7.86. The first-order chi connectivity index (χ1) is 7.79. The molecule has 17 heavy (non-hydrogen) atoms. The summed E-state index contributed by atoms with van der Waals surface area (Å²) in [5.41, 5.74) is 6.93. The predicted molar refractivity (Wildman–Crippen MR) is 77.5 cm³/mol. The second kappa shape index (κ2) is 4.43. The Morgan fingerprint density at radius 1 is 1.18 bits per heavy atom. The Hall–Kier alpha value is 0.270. The lowest BCUT2D eigenvalue weighted by Gasteiger charge is -2.48. The SMILES string of the molecule is CC1(C)CCC(CN)(N2CCSC(C)(C)C2)C1. The first kappa shape index (κ1) is 13.7. The third-order valence-corrected chi connectivity index (χ3v) is 5.85. The molecule has 0 spiro atoms. The van der Waals surface area contributed by atoms with Gasteiger partial charge in [0.2, 0.25) is 0 Å². The summed E-state index contributed by atoms with van der Waals surface area (Å²) in [5.74, 6) is 1.26. The van der Waals surface area contributed by atoms with Crippen LogP contribution in [0.5, 0.6) is 0 Å². The fraction of sp³-hybridized carbons (Fsp3) is 1.00. The fourth-order valence-electron chi connectivity index (χ4n) is 3.63. The van der Waals surface area contributed by atoms with Gasteiger partial charge in [0.05, 0.1) is 0 Å². The molecule has 1 saturated heterocycles. The zero-order chi connectivity index (χ0) is 12.7. The molecule has 2 fully saturated rings. The van der Waals surface area contributed by atoms with E-state index in [2.05, 4.69) is 44.4 Å². The monoisotopic (exact) mass is 256 g/mol. The fourth-order valence-corrected chi connectivity index (χ4v) is 4.74. The van der Waals surface area contributed by atoms with Crippen molar-refractivity contribution in [2.24, 2.45) is 11.1 Å². The van der Waals surface area contributed by atoms with E-state index in [1.165, 1.54) is 38.1 Å². The maximum absolute atomic E-state index is 6.16. The van der Waals surface area contributed by atoms with Crippen molar-refractivity contribution in [1.29, 1.82) is 0 Å². The summed E-state index contributed by atoms with van der Waals surface area (Å²) in [7, 11) is 0. The number of hydrogen-bond acceptors (Lipinski definition) is 3. The van der Waals surface area contributed by atoms with Crippen LogP contribution < -0.4 is 5.73 Å². The Morgan fingerprint density at radius 2 is 1.88 bits per heavy atom. The van der Waals surface area contributed by atoms with Gasteiger partial charge in [0.15, 0.2) is 0 Å².